The highest BCUT2D eigenvalue weighted by molar-refractivity contribution is 4.99. The van der Waals surface area contributed by atoms with E-state index in [1.165, 1.54) is 0 Å². The lowest BCUT2D eigenvalue weighted by atomic mass is 10.3. The van der Waals surface area contributed by atoms with Gasteiger partial charge in [0.05, 0.1) is 11.4 Å². The van der Waals surface area contributed by atoms with Gasteiger partial charge in [0.2, 0.25) is 0 Å². The zero-order chi connectivity index (χ0) is 22.2. The summed E-state index contributed by atoms with van der Waals surface area (Å²) in [4.78, 5) is 0. The first-order valence-corrected chi connectivity index (χ1v) is 10.7. The van der Waals surface area contributed by atoms with E-state index in [1.54, 1.807) is 0 Å². The number of benzene rings is 1. The number of rotatable bonds is 8. The Balaban J connectivity index is 0.000000237. The molecule has 0 saturated heterocycles. The summed E-state index contributed by atoms with van der Waals surface area (Å²) in [5, 5.41) is 22.5. The Morgan fingerprint density at radius 3 is 1.23 bits per heavy atom. The first kappa shape index (κ1) is 25.5. The minimum absolute atomic E-state index is 0.497. The first-order chi connectivity index (χ1) is 14.4. The highest BCUT2D eigenvalue weighted by Crippen LogP contribution is 1.93. The molecular formula is C22H38N8. The Labute approximate surface area is 181 Å². The molecule has 0 amide bonds. The molecule has 0 unspecified atom stereocenters. The van der Waals surface area contributed by atoms with Crippen LogP contribution in [0.4, 0.5) is 0 Å². The van der Waals surface area contributed by atoms with E-state index in [1.807, 2.05) is 72.0 Å². The lowest BCUT2D eigenvalue weighted by Gasteiger charge is -2.03. The Bertz CT molecular complexity index is 687. The molecular weight excluding hydrogens is 376 g/mol. The summed E-state index contributed by atoms with van der Waals surface area (Å²) in [7, 11) is 0. The van der Waals surface area contributed by atoms with Gasteiger partial charge in [0.1, 0.15) is 0 Å². The van der Waals surface area contributed by atoms with Crippen molar-refractivity contribution in [3.05, 3.63) is 60.2 Å². The summed E-state index contributed by atoms with van der Waals surface area (Å²) >= 11 is 0. The Morgan fingerprint density at radius 1 is 0.667 bits per heavy atom. The van der Waals surface area contributed by atoms with Crippen molar-refractivity contribution in [1.29, 1.82) is 0 Å². The largest absolute Gasteiger partial charge is 0.309 e. The molecule has 0 aliphatic carbocycles. The van der Waals surface area contributed by atoms with Crippen LogP contribution in [0.2, 0.25) is 0 Å². The molecule has 8 heteroatoms. The van der Waals surface area contributed by atoms with Crippen molar-refractivity contribution in [2.45, 2.75) is 79.8 Å². The quantitative estimate of drug-likeness (QED) is 0.588. The van der Waals surface area contributed by atoms with Gasteiger partial charge in [-0.2, -0.15) is 0 Å². The molecule has 2 aromatic heterocycles. The van der Waals surface area contributed by atoms with Crippen LogP contribution in [-0.4, -0.2) is 42.1 Å². The fraction of sp³-hybridized carbons (Fsp3) is 0.545. The van der Waals surface area contributed by atoms with Crippen molar-refractivity contribution < 1.29 is 0 Å². The topological polar surface area (TPSA) is 85.5 Å². The molecule has 0 saturated carbocycles. The lowest BCUT2D eigenvalue weighted by molar-refractivity contribution is 0.580. The number of aromatic nitrogens is 6. The maximum absolute atomic E-state index is 4.01. The van der Waals surface area contributed by atoms with Crippen molar-refractivity contribution in [2.24, 2.45) is 0 Å². The number of hydrogen-bond donors (Lipinski definition) is 2. The van der Waals surface area contributed by atoms with Gasteiger partial charge in [-0.15, -0.1) is 10.2 Å². The average Bonchev–Trinajstić information content (AvgIpc) is 3.42. The van der Waals surface area contributed by atoms with E-state index in [0.29, 0.717) is 12.1 Å². The molecule has 3 aromatic rings. The van der Waals surface area contributed by atoms with Crippen molar-refractivity contribution >= 4 is 0 Å². The van der Waals surface area contributed by atoms with Crippen LogP contribution < -0.4 is 10.6 Å². The van der Waals surface area contributed by atoms with Crippen LogP contribution in [-0.2, 0) is 26.2 Å². The third-order valence-electron chi connectivity index (χ3n) is 3.87. The number of hydrogen-bond acceptors (Lipinski definition) is 6. The van der Waals surface area contributed by atoms with Gasteiger partial charge in [-0.25, -0.2) is 0 Å². The molecule has 2 heterocycles. The molecule has 0 bridgehead atoms. The van der Waals surface area contributed by atoms with Gasteiger partial charge in [-0.05, 0) is 13.8 Å². The third-order valence-corrected chi connectivity index (χ3v) is 3.87. The van der Waals surface area contributed by atoms with Gasteiger partial charge < -0.3 is 10.6 Å². The molecule has 0 aliphatic rings. The smallest absolute Gasteiger partial charge is 0.0964 e. The SMILES string of the molecule is CCn1cc(CNC(C)C)nn1.CCn1cc(CNC(C)C)nn1.c1ccccc1. The Hall–Kier alpha value is -2.58. The zero-order valence-electron chi connectivity index (χ0n) is 19.3. The molecule has 0 radical (unpaired) electrons. The Kier molecular flexibility index (Phi) is 13.0. The van der Waals surface area contributed by atoms with E-state index in [4.69, 9.17) is 0 Å². The van der Waals surface area contributed by atoms with Crippen LogP contribution in [0.15, 0.2) is 48.8 Å². The summed E-state index contributed by atoms with van der Waals surface area (Å²) in [6.07, 6.45) is 3.94. The fourth-order valence-corrected chi connectivity index (χ4v) is 2.15. The highest BCUT2D eigenvalue weighted by atomic mass is 15.4. The van der Waals surface area contributed by atoms with Gasteiger partial charge in [0.25, 0.3) is 0 Å². The minimum atomic E-state index is 0.497. The molecule has 0 aliphatic heterocycles. The summed E-state index contributed by atoms with van der Waals surface area (Å²) in [5.74, 6) is 0. The molecule has 3 rings (SSSR count). The second-order valence-corrected chi connectivity index (χ2v) is 7.36. The number of aryl methyl sites for hydroxylation is 2. The number of nitrogens with one attached hydrogen (secondary N) is 2. The van der Waals surface area contributed by atoms with E-state index >= 15 is 0 Å². The van der Waals surface area contributed by atoms with Gasteiger partial charge in [0, 0.05) is 50.7 Å². The van der Waals surface area contributed by atoms with Crippen molar-refractivity contribution in [2.75, 3.05) is 0 Å². The molecule has 30 heavy (non-hydrogen) atoms. The van der Waals surface area contributed by atoms with Crippen molar-refractivity contribution in [3.63, 3.8) is 0 Å². The van der Waals surface area contributed by atoms with E-state index in [-0.39, 0.29) is 0 Å². The van der Waals surface area contributed by atoms with Crippen LogP contribution in [0.3, 0.4) is 0 Å². The van der Waals surface area contributed by atoms with E-state index in [9.17, 15) is 0 Å². The molecule has 0 fully saturated rings. The molecule has 1 aromatic carbocycles. The van der Waals surface area contributed by atoms with Gasteiger partial charge >= 0.3 is 0 Å². The van der Waals surface area contributed by atoms with E-state index in [2.05, 4.69) is 59.0 Å². The Morgan fingerprint density at radius 2 is 1.00 bits per heavy atom. The lowest BCUT2D eigenvalue weighted by Crippen LogP contribution is -2.21. The minimum Gasteiger partial charge on any atom is -0.309 e. The first-order valence-electron chi connectivity index (χ1n) is 10.7. The molecule has 166 valence electrons. The third kappa shape index (κ3) is 12.1. The van der Waals surface area contributed by atoms with E-state index in [0.717, 1.165) is 37.6 Å². The van der Waals surface area contributed by atoms with Gasteiger partial charge in [-0.1, -0.05) is 74.5 Å². The normalized spacial score (nSPS) is 10.4. The fourth-order valence-electron chi connectivity index (χ4n) is 2.15. The average molecular weight is 415 g/mol. The molecule has 0 atom stereocenters. The van der Waals surface area contributed by atoms with Crippen LogP contribution in [0, 0.1) is 0 Å². The van der Waals surface area contributed by atoms with Crippen LogP contribution >= 0.6 is 0 Å². The zero-order valence-corrected chi connectivity index (χ0v) is 19.3. The second kappa shape index (κ2) is 15.3. The summed E-state index contributed by atoms with van der Waals surface area (Å²) in [6, 6.07) is 13.0. The summed E-state index contributed by atoms with van der Waals surface area (Å²) in [5.41, 5.74) is 2.01. The van der Waals surface area contributed by atoms with Gasteiger partial charge in [-0.3, -0.25) is 9.36 Å². The summed E-state index contributed by atoms with van der Waals surface area (Å²) < 4.78 is 3.66. The summed E-state index contributed by atoms with van der Waals surface area (Å²) in [6.45, 7) is 15.9. The molecule has 2 N–H and O–H groups in total. The maximum Gasteiger partial charge on any atom is 0.0964 e. The second-order valence-electron chi connectivity index (χ2n) is 7.36. The van der Waals surface area contributed by atoms with Crippen LogP contribution in [0.5, 0.6) is 0 Å². The monoisotopic (exact) mass is 414 g/mol. The predicted octanol–water partition coefficient (Wildman–Crippen LogP) is 3.28. The van der Waals surface area contributed by atoms with Gasteiger partial charge in [0.15, 0.2) is 0 Å². The highest BCUT2D eigenvalue weighted by Gasteiger charge is 2.00. The predicted molar refractivity (Wildman–Crippen MR) is 122 cm³/mol. The molecule has 0 spiro atoms. The van der Waals surface area contributed by atoms with Crippen molar-refractivity contribution in [1.82, 2.24) is 40.6 Å². The maximum atomic E-state index is 4.01. The molecule has 8 nitrogen and oxygen atoms in total. The van der Waals surface area contributed by atoms with Crippen LogP contribution in [0.25, 0.3) is 0 Å². The van der Waals surface area contributed by atoms with Crippen LogP contribution in [0.1, 0.15) is 52.9 Å². The van der Waals surface area contributed by atoms with E-state index < -0.39 is 0 Å². The number of nitrogens with zero attached hydrogens (tertiary/aromatic N) is 6. The van der Waals surface area contributed by atoms with Crippen molar-refractivity contribution in [3.8, 4) is 0 Å². The standard InChI is InChI=1S/2C8H16N4.C6H6/c2*1-4-12-6-8(10-11-12)5-9-7(2)3;1-2-4-6-5-3-1/h2*6-7,9H,4-5H2,1-3H3;1-6H.